The van der Waals surface area contributed by atoms with E-state index in [0.29, 0.717) is 13.2 Å². The van der Waals surface area contributed by atoms with Crippen molar-refractivity contribution >= 4 is 11.9 Å². The van der Waals surface area contributed by atoms with Crippen LogP contribution in [0, 0.1) is 0 Å². The van der Waals surface area contributed by atoms with Gasteiger partial charge >= 0.3 is 6.03 Å². The van der Waals surface area contributed by atoms with Crippen molar-refractivity contribution in [3.05, 3.63) is 0 Å². The first-order valence-electron chi connectivity index (χ1n) is 6.31. The number of hydrogen-bond acceptors (Lipinski definition) is 3. The van der Waals surface area contributed by atoms with Crippen molar-refractivity contribution in [3.63, 3.8) is 0 Å². The highest BCUT2D eigenvalue weighted by atomic mass is 16.5. The molecule has 1 N–H and O–H groups in total. The number of carbonyl (C=O) groups excluding carboxylic acids is 2. The summed E-state index contributed by atoms with van der Waals surface area (Å²) in [6.07, 6.45) is 3.75. The Morgan fingerprint density at radius 1 is 1.35 bits per heavy atom. The summed E-state index contributed by atoms with van der Waals surface area (Å²) in [7, 11) is 0. The van der Waals surface area contributed by atoms with Crippen molar-refractivity contribution in [2.24, 2.45) is 0 Å². The number of nitrogens with one attached hydrogen (secondary N) is 1. The lowest BCUT2D eigenvalue weighted by molar-refractivity contribution is -0.126. The first-order valence-corrected chi connectivity index (χ1v) is 6.31. The van der Waals surface area contributed by atoms with E-state index in [0.717, 1.165) is 25.7 Å². The topological polar surface area (TPSA) is 58.6 Å². The van der Waals surface area contributed by atoms with E-state index in [1.165, 1.54) is 0 Å². The van der Waals surface area contributed by atoms with E-state index in [1.54, 1.807) is 4.90 Å². The maximum absolute atomic E-state index is 11.9. The number of carbonyl (C=O) groups is 2. The predicted molar refractivity (Wildman–Crippen MR) is 62.5 cm³/mol. The maximum Gasteiger partial charge on any atom is 0.325 e. The Bertz CT molecular complexity index is 322. The van der Waals surface area contributed by atoms with Crippen molar-refractivity contribution in [1.29, 1.82) is 0 Å². The first-order chi connectivity index (χ1) is 8.06. The van der Waals surface area contributed by atoms with Gasteiger partial charge in [-0.15, -0.1) is 0 Å². The van der Waals surface area contributed by atoms with Crippen LogP contribution in [0.3, 0.4) is 0 Å². The molecule has 1 saturated carbocycles. The van der Waals surface area contributed by atoms with Crippen molar-refractivity contribution < 1.29 is 14.3 Å². The van der Waals surface area contributed by atoms with Crippen LogP contribution in [0.5, 0.6) is 0 Å². The Labute approximate surface area is 101 Å². The Kier molecular flexibility index (Phi) is 3.38. The summed E-state index contributed by atoms with van der Waals surface area (Å²) >= 11 is 0. The zero-order valence-corrected chi connectivity index (χ0v) is 10.5. The number of imide groups is 1. The summed E-state index contributed by atoms with van der Waals surface area (Å²) in [5.41, 5.74) is -0.572. The van der Waals surface area contributed by atoms with Gasteiger partial charge in [0.15, 0.2) is 0 Å². The molecule has 1 heterocycles. The molecule has 17 heavy (non-hydrogen) atoms. The Morgan fingerprint density at radius 3 is 2.59 bits per heavy atom. The van der Waals surface area contributed by atoms with E-state index in [4.69, 9.17) is 4.74 Å². The van der Waals surface area contributed by atoms with Crippen LogP contribution in [-0.4, -0.2) is 41.6 Å². The summed E-state index contributed by atoms with van der Waals surface area (Å²) in [5.74, 6) is -0.121. The lowest BCUT2D eigenvalue weighted by atomic mass is 9.96. The van der Waals surface area contributed by atoms with Crippen LogP contribution in [0.4, 0.5) is 4.79 Å². The van der Waals surface area contributed by atoms with Gasteiger partial charge in [0.05, 0.1) is 12.7 Å². The van der Waals surface area contributed by atoms with Gasteiger partial charge in [-0.2, -0.15) is 0 Å². The molecule has 0 aromatic heterocycles. The quantitative estimate of drug-likeness (QED) is 0.753. The second kappa shape index (κ2) is 4.64. The van der Waals surface area contributed by atoms with E-state index in [2.05, 4.69) is 5.32 Å². The molecule has 1 aliphatic carbocycles. The molecule has 0 unspecified atom stereocenters. The molecule has 2 rings (SSSR count). The average Bonchev–Trinajstić information content (AvgIpc) is 2.80. The molecule has 0 bridgehead atoms. The number of amides is 3. The molecule has 1 spiro atoms. The van der Waals surface area contributed by atoms with Crippen LogP contribution in [0.2, 0.25) is 0 Å². The number of ether oxygens (including phenoxy) is 1. The van der Waals surface area contributed by atoms with Crippen molar-refractivity contribution in [2.45, 2.75) is 51.2 Å². The van der Waals surface area contributed by atoms with Crippen molar-refractivity contribution in [1.82, 2.24) is 10.2 Å². The molecule has 5 heteroatoms. The van der Waals surface area contributed by atoms with Gasteiger partial charge in [0, 0.05) is 6.54 Å². The normalized spacial score (nSPS) is 22.9. The molecular formula is C12H20N2O3. The summed E-state index contributed by atoms with van der Waals surface area (Å²) < 4.78 is 5.46. The number of nitrogens with zero attached hydrogens (tertiary/aromatic N) is 1. The van der Waals surface area contributed by atoms with Gasteiger partial charge in [-0.3, -0.25) is 10.1 Å². The third-order valence-corrected chi connectivity index (χ3v) is 3.60. The van der Waals surface area contributed by atoms with Gasteiger partial charge in [0.25, 0.3) is 5.91 Å². The molecule has 1 saturated heterocycles. The largest absolute Gasteiger partial charge is 0.377 e. The van der Waals surface area contributed by atoms with Crippen LogP contribution >= 0.6 is 0 Å². The lowest BCUT2D eigenvalue weighted by Crippen LogP contribution is -2.48. The van der Waals surface area contributed by atoms with Gasteiger partial charge < -0.3 is 9.64 Å². The first kappa shape index (κ1) is 12.4. The fourth-order valence-corrected chi connectivity index (χ4v) is 2.75. The van der Waals surface area contributed by atoms with Gasteiger partial charge in [0.2, 0.25) is 0 Å². The molecule has 2 fully saturated rings. The number of hydrogen-bond donors (Lipinski definition) is 1. The van der Waals surface area contributed by atoms with E-state index < -0.39 is 5.54 Å². The lowest BCUT2D eigenvalue weighted by Gasteiger charge is -2.31. The predicted octanol–water partition coefficient (Wildman–Crippen LogP) is 1.28. The van der Waals surface area contributed by atoms with Crippen molar-refractivity contribution in [2.75, 3.05) is 13.2 Å². The summed E-state index contributed by atoms with van der Waals surface area (Å²) in [4.78, 5) is 25.3. The third kappa shape index (κ3) is 2.16. The van der Waals surface area contributed by atoms with Crippen LogP contribution < -0.4 is 5.32 Å². The molecule has 0 aromatic rings. The van der Waals surface area contributed by atoms with Crippen LogP contribution in [0.15, 0.2) is 0 Å². The highest BCUT2D eigenvalue weighted by Crippen LogP contribution is 2.38. The van der Waals surface area contributed by atoms with Gasteiger partial charge in [-0.25, -0.2) is 4.79 Å². The van der Waals surface area contributed by atoms with E-state index in [1.807, 2.05) is 13.8 Å². The van der Waals surface area contributed by atoms with E-state index in [9.17, 15) is 9.59 Å². The molecule has 0 aromatic carbocycles. The summed E-state index contributed by atoms with van der Waals surface area (Å²) in [5, 5.41) is 2.43. The summed E-state index contributed by atoms with van der Waals surface area (Å²) in [6.45, 7) is 4.90. The SMILES string of the molecule is CC(C)OCCN1C(=O)NC(=O)C12CCCC2. The van der Waals surface area contributed by atoms with Crippen LogP contribution in [0.1, 0.15) is 39.5 Å². The molecule has 96 valence electrons. The van der Waals surface area contributed by atoms with Crippen LogP contribution in [-0.2, 0) is 9.53 Å². The fraction of sp³-hybridized carbons (Fsp3) is 0.833. The minimum absolute atomic E-state index is 0.121. The average molecular weight is 240 g/mol. The van der Waals surface area contributed by atoms with Gasteiger partial charge in [0.1, 0.15) is 5.54 Å². The molecule has 5 nitrogen and oxygen atoms in total. The molecule has 2 aliphatic rings. The minimum Gasteiger partial charge on any atom is -0.377 e. The zero-order chi connectivity index (χ0) is 12.5. The highest BCUT2D eigenvalue weighted by Gasteiger charge is 2.53. The standard InChI is InChI=1S/C12H20N2O3/c1-9(2)17-8-7-14-11(16)13-10(15)12(14)5-3-4-6-12/h9H,3-8H2,1-2H3,(H,13,15,16). The second-order valence-corrected chi connectivity index (χ2v) is 5.07. The van der Waals surface area contributed by atoms with E-state index in [-0.39, 0.29) is 18.0 Å². The van der Waals surface area contributed by atoms with Crippen LogP contribution in [0.25, 0.3) is 0 Å². The Hall–Kier alpha value is -1.10. The highest BCUT2D eigenvalue weighted by molar-refractivity contribution is 6.07. The molecule has 0 atom stereocenters. The Balaban J connectivity index is 2.02. The molecule has 1 aliphatic heterocycles. The third-order valence-electron chi connectivity index (χ3n) is 3.60. The monoisotopic (exact) mass is 240 g/mol. The fourth-order valence-electron chi connectivity index (χ4n) is 2.75. The Morgan fingerprint density at radius 2 is 2.00 bits per heavy atom. The zero-order valence-electron chi connectivity index (χ0n) is 10.5. The molecular weight excluding hydrogens is 220 g/mol. The van der Waals surface area contributed by atoms with Gasteiger partial charge in [-0.05, 0) is 26.7 Å². The summed E-state index contributed by atoms with van der Waals surface area (Å²) in [6, 6.07) is -0.260. The minimum atomic E-state index is -0.572. The second-order valence-electron chi connectivity index (χ2n) is 5.07. The van der Waals surface area contributed by atoms with Crippen molar-refractivity contribution in [3.8, 4) is 0 Å². The molecule has 3 amide bonds. The number of urea groups is 1. The number of rotatable bonds is 4. The van der Waals surface area contributed by atoms with Gasteiger partial charge in [-0.1, -0.05) is 12.8 Å². The smallest absolute Gasteiger partial charge is 0.325 e. The van der Waals surface area contributed by atoms with E-state index >= 15 is 0 Å². The maximum atomic E-state index is 11.9. The molecule has 0 radical (unpaired) electrons.